The van der Waals surface area contributed by atoms with Gasteiger partial charge in [-0.3, -0.25) is 4.90 Å². The van der Waals surface area contributed by atoms with Crippen molar-refractivity contribution in [3.63, 3.8) is 0 Å². The Morgan fingerprint density at radius 2 is 1.80 bits per heavy atom. The number of morpholine rings is 1. The molecule has 4 heteroatoms. The van der Waals surface area contributed by atoms with E-state index >= 15 is 0 Å². The molecule has 1 heterocycles. The van der Waals surface area contributed by atoms with Crippen molar-refractivity contribution in [1.82, 2.24) is 10.2 Å². The van der Waals surface area contributed by atoms with Crippen molar-refractivity contribution >= 4 is 11.6 Å². The number of hydrogen-bond donors (Lipinski definition) is 1. The van der Waals surface area contributed by atoms with Crippen molar-refractivity contribution in [2.45, 2.75) is 32.4 Å². The van der Waals surface area contributed by atoms with Crippen LogP contribution in [0.1, 0.15) is 19.4 Å². The molecule has 0 aliphatic carbocycles. The van der Waals surface area contributed by atoms with Gasteiger partial charge in [-0.05, 0) is 38.0 Å². The predicted octanol–water partition coefficient (Wildman–Crippen LogP) is 2.58. The summed E-state index contributed by atoms with van der Waals surface area (Å²) in [4.78, 5) is 2.47. The van der Waals surface area contributed by atoms with Gasteiger partial charge in [0, 0.05) is 36.7 Å². The maximum atomic E-state index is 5.91. The van der Waals surface area contributed by atoms with Gasteiger partial charge in [-0.1, -0.05) is 23.7 Å². The summed E-state index contributed by atoms with van der Waals surface area (Å²) in [6.45, 7) is 9.43. The monoisotopic (exact) mass is 296 g/mol. The highest BCUT2D eigenvalue weighted by atomic mass is 35.5. The summed E-state index contributed by atoms with van der Waals surface area (Å²) in [5.41, 5.74) is 1.33. The summed E-state index contributed by atoms with van der Waals surface area (Å²) in [5.74, 6) is 0. The number of nitrogens with zero attached hydrogens (tertiary/aromatic N) is 1. The fourth-order valence-corrected chi connectivity index (χ4v) is 2.87. The Bertz CT molecular complexity index is 390. The number of benzene rings is 1. The Labute approximate surface area is 127 Å². The Balaban J connectivity index is 1.72. The fraction of sp³-hybridized carbons (Fsp3) is 0.625. The Morgan fingerprint density at radius 3 is 2.45 bits per heavy atom. The van der Waals surface area contributed by atoms with Gasteiger partial charge in [-0.15, -0.1) is 0 Å². The molecule has 0 radical (unpaired) electrons. The Hall–Kier alpha value is -0.610. The number of hydrogen-bond acceptors (Lipinski definition) is 3. The molecule has 0 bridgehead atoms. The smallest absolute Gasteiger partial charge is 0.0594 e. The molecule has 0 aromatic heterocycles. The normalized spacial score (nSPS) is 19.8. The van der Waals surface area contributed by atoms with E-state index in [1.807, 2.05) is 12.1 Å². The van der Waals surface area contributed by atoms with Crippen molar-refractivity contribution in [1.29, 1.82) is 0 Å². The van der Waals surface area contributed by atoms with Crippen LogP contribution in [0.4, 0.5) is 0 Å². The lowest BCUT2D eigenvalue weighted by atomic mass is 10.1. The topological polar surface area (TPSA) is 24.5 Å². The van der Waals surface area contributed by atoms with Gasteiger partial charge < -0.3 is 10.1 Å². The summed E-state index contributed by atoms with van der Waals surface area (Å²) in [7, 11) is 0. The maximum absolute atomic E-state index is 5.91. The second kappa shape index (κ2) is 7.99. The van der Waals surface area contributed by atoms with Gasteiger partial charge in [0.05, 0.1) is 13.2 Å². The van der Waals surface area contributed by atoms with Crippen LogP contribution in [0.5, 0.6) is 0 Å². The molecule has 3 nitrogen and oxygen atoms in total. The summed E-state index contributed by atoms with van der Waals surface area (Å²) >= 11 is 5.91. The zero-order valence-corrected chi connectivity index (χ0v) is 13.2. The molecule has 112 valence electrons. The molecule has 1 aliphatic rings. The van der Waals surface area contributed by atoms with E-state index in [2.05, 4.69) is 36.2 Å². The molecule has 2 rings (SSSR count). The van der Waals surface area contributed by atoms with E-state index in [1.54, 1.807) is 0 Å². The molecule has 1 saturated heterocycles. The maximum Gasteiger partial charge on any atom is 0.0594 e. The second-order valence-corrected chi connectivity index (χ2v) is 6.15. The van der Waals surface area contributed by atoms with Crippen molar-refractivity contribution in [2.75, 3.05) is 32.8 Å². The summed E-state index contributed by atoms with van der Waals surface area (Å²) in [6, 6.07) is 9.09. The largest absolute Gasteiger partial charge is 0.379 e. The molecule has 2 atom stereocenters. The quantitative estimate of drug-likeness (QED) is 0.873. The van der Waals surface area contributed by atoms with Crippen molar-refractivity contribution in [2.24, 2.45) is 0 Å². The number of rotatable bonds is 6. The Kier molecular flexibility index (Phi) is 6.30. The minimum absolute atomic E-state index is 0.465. The van der Waals surface area contributed by atoms with E-state index in [4.69, 9.17) is 16.3 Å². The van der Waals surface area contributed by atoms with Crippen molar-refractivity contribution in [3.8, 4) is 0 Å². The minimum Gasteiger partial charge on any atom is -0.379 e. The summed E-state index contributed by atoms with van der Waals surface area (Å²) < 4.78 is 5.38. The van der Waals surface area contributed by atoms with Gasteiger partial charge in [0.1, 0.15) is 0 Å². The third kappa shape index (κ3) is 5.41. The predicted molar refractivity (Wildman–Crippen MR) is 84.5 cm³/mol. The van der Waals surface area contributed by atoms with Gasteiger partial charge >= 0.3 is 0 Å². The zero-order valence-electron chi connectivity index (χ0n) is 12.4. The van der Waals surface area contributed by atoms with Crippen LogP contribution >= 0.6 is 11.6 Å². The Morgan fingerprint density at radius 1 is 1.15 bits per heavy atom. The lowest BCUT2D eigenvalue weighted by Gasteiger charge is -2.30. The van der Waals surface area contributed by atoms with Gasteiger partial charge in [0.2, 0.25) is 0 Å². The third-order valence-corrected chi connectivity index (χ3v) is 3.91. The van der Waals surface area contributed by atoms with Crippen LogP contribution in [0, 0.1) is 0 Å². The van der Waals surface area contributed by atoms with Crippen LogP contribution in [0.15, 0.2) is 24.3 Å². The summed E-state index contributed by atoms with van der Waals surface area (Å²) in [5, 5.41) is 4.48. The van der Waals surface area contributed by atoms with Crippen LogP contribution in [0.2, 0.25) is 5.02 Å². The van der Waals surface area contributed by atoms with Crippen LogP contribution in [0.25, 0.3) is 0 Å². The van der Waals surface area contributed by atoms with E-state index in [-0.39, 0.29) is 0 Å². The first-order valence-corrected chi connectivity index (χ1v) is 7.82. The second-order valence-electron chi connectivity index (χ2n) is 5.71. The van der Waals surface area contributed by atoms with E-state index < -0.39 is 0 Å². The third-order valence-electron chi connectivity index (χ3n) is 3.66. The average molecular weight is 297 g/mol. The van der Waals surface area contributed by atoms with Crippen molar-refractivity contribution < 1.29 is 4.74 Å². The first kappa shape index (κ1) is 15.8. The molecule has 1 aromatic carbocycles. The van der Waals surface area contributed by atoms with Crippen LogP contribution in [-0.4, -0.2) is 49.8 Å². The molecule has 0 spiro atoms. The van der Waals surface area contributed by atoms with Crippen LogP contribution in [-0.2, 0) is 11.2 Å². The lowest BCUT2D eigenvalue weighted by Crippen LogP contribution is -2.47. The summed E-state index contributed by atoms with van der Waals surface area (Å²) in [6.07, 6.45) is 1.03. The molecule has 1 aromatic rings. The first-order valence-electron chi connectivity index (χ1n) is 7.44. The van der Waals surface area contributed by atoms with Gasteiger partial charge in [0.15, 0.2) is 0 Å². The lowest BCUT2D eigenvalue weighted by molar-refractivity contribution is 0.0339. The van der Waals surface area contributed by atoms with Crippen molar-refractivity contribution in [3.05, 3.63) is 34.9 Å². The highest BCUT2D eigenvalue weighted by molar-refractivity contribution is 6.30. The van der Waals surface area contributed by atoms with Gasteiger partial charge in [0.25, 0.3) is 0 Å². The molecule has 1 aliphatic heterocycles. The minimum atomic E-state index is 0.465. The van der Waals surface area contributed by atoms with Crippen LogP contribution < -0.4 is 5.32 Å². The van der Waals surface area contributed by atoms with Crippen LogP contribution in [0.3, 0.4) is 0 Å². The SMILES string of the molecule is CC(Cc1ccc(Cl)cc1)NC(C)CN1CCOCC1. The first-order chi connectivity index (χ1) is 9.63. The molecule has 2 unspecified atom stereocenters. The molecular weight excluding hydrogens is 272 g/mol. The molecule has 1 N–H and O–H groups in total. The van der Waals surface area contributed by atoms with E-state index in [1.165, 1.54) is 5.56 Å². The number of ether oxygens (including phenoxy) is 1. The molecule has 1 fully saturated rings. The molecule has 0 saturated carbocycles. The van der Waals surface area contributed by atoms with Gasteiger partial charge in [-0.2, -0.15) is 0 Å². The van der Waals surface area contributed by atoms with E-state index in [0.29, 0.717) is 12.1 Å². The molecule has 0 amide bonds. The molecular formula is C16H25ClN2O. The van der Waals surface area contributed by atoms with Gasteiger partial charge in [-0.25, -0.2) is 0 Å². The zero-order chi connectivity index (χ0) is 14.4. The standard InChI is InChI=1S/C16H25ClN2O/c1-13(11-15-3-5-16(17)6-4-15)18-14(2)12-19-7-9-20-10-8-19/h3-6,13-14,18H,7-12H2,1-2H3. The van der Waals surface area contributed by atoms with E-state index in [0.717, 1.165) is 44.3 Å². The molecule has 20 heavy (non-hydrogen) atoms. The number of nitrogens with one attached hydrogen (secondary N) is 1. The van der Waals surface area contributed by atoms with E-state index in [9.17, 15) is 0 Å². The highest BCUT2D eigenvalue weighted by Gasteiger charge is 2.15. The average Bonchev–Trinajstić information content (AvgIpc) is 2.42. The number of halogens is 1. The fourth-order valence-electron chi connectivity index (χ4n) is 2.74. The highest BCUT2D eigenvalue weighted by Crippen LogP contribution is 2.11.